The zero-order valence-corrected chi connectivity index (χ0v) is 22.8. The van der Waals surface area contributed by atoms with Gasteiger partial charge in [-0.1, -0.05) is 60.7 Å². The number of esters is 2. The van der Waals surface area contributed by atoms with Gasteiger partial charge in [0, 0.05) is 12.5 Å². The van der Waals surface area contributed by atoms with Crippen LogP contribution in [0.25, 0.3) is 0 Å². The van der Waals surface area contributed by atoms with Gasteiger partial charge in [-0.25, -0.2) is 0 Å². The van der Waals surface area contributed by atoms with Crippen molar-refractivity contribution in [1.29, 1.82) is 0 Å². The topological polar surface area (TPSA) is 71.1 Å². The normalized spacial score (nSPS) is 11.9. The van der Waals surface area contributed by atoms with Crippen molar-refractivity contribution >= 4 is 11.9 Å². The molecule has 6 heteroatoms. The zero-order chi connectivity index (χ0) is 27.4. The largest absolute Gasteiger partial charge is 0.489 e. The van der Waals surface area contributed by atoms with Crippen LogP contribution in [0.1, 0.15) is 63.6 Å². The van der Waals surface area contributed by atoms with Crippen molar-refractivity contribution < 1.29 is 28.5 Å². The Bertz CT molecular complexity index is 1090. The van der Waals surface area contributed by atoms with E-state index in [4.69, 9.17) is 18.9 Å². The summed E-state index contributed by atoms with van der Waals surface area (Å²) in [7, 11) is 0. The quantitative estimate of drug-likeness (QED) is 0.231. The summed E-state index contributed by atoms with van der Waals surface area (Å²) in [6, 6.07) is 25.3. The first-order valence-electron chi connectivity index (χ1n) is 13.0. The van der Waals surface area contributed by atoms with E-state index in [-0.39, 0.29) is 24.5 Å². The molecule has 0 heterocycles. The first-order chi connectivity index (χ1) is 18.2. The molecule has 0 fully saturated rings. The van der Waals surface area contributed by atoms with Crippen molar-refractivity contribution in [3.05, 3.63) is 95.6 Å². The van der Waals surface area contributed by atoms with E-state index in [9.17, 15) is 9.59 Å². The summed E-state index contributed by atoms with van der Waals surface area (Å²) >= 11 is 0. The Balaban J connectivity index is 1.58. The van der Waals surface area contributed by atoms with E-state index in [0.29, 0.717) is 44.0 Å². The molecule has 6 nitrogen and oxygen atoms in total. The Morgan fingerprint density at radius 3 is 1.76 bits per heavy atom. The third kappa shape index (κ3) is 11.1. The van der Waals surface area contributed by atoms with Gasteiger partial charge in [-0.15, -0.1) is 0 Å². The molecular formula is C32H38O6. The summed E-state index contributed by atoms with van der Waals surface area (Å²) in [5, 5.41) is 0. The molecule has 38 heavy (non-hydrogen) atoms. The van der Waals surface area contributed by atoms with Crippen LogP contribution in [0.3, 0.4) is 0 Å². The molecule has 0 aliphatic heterocycles. The van der Waals surface area contributed by atoms with Crippen LogP contribution in [0, 0.1) is 0 Å². The minimum Gasteiger partial charge on any atom is -0.489 e. The van der Waals surface area contributed by atoms with Gasteiger partial charge in [0.05, 0.1) is 12.5 Å². The lowest BCUT2D eigenvalue weighted by atomic mass is 10.1. The summed E-state index contributed by atoms with van der Waals surface area (Å²) in [6.07, 6.45) is 1.24. The lowest BCUT2D eigenvalue weighted by molar-refractivity contribution is -0.155. The van der Waals surface area contributed by atoms with E-state index in [1.165, 1.54) is 0 Å². The fourth-order valence-electron chi connectivity index (χ4n) is 3.80. The summed E-state index contributed by atoms with van der Waals surface area (Å²) in [5.74, 6) is 0.649. The Morgan fingerprint density at radius 2 is 1.26 bits per heavy atom. The second-order valence-electron chi connectivity index (χ2n) is 10.3. The van der Waals surface area contributed by atoms with Gasteiger partial charge in [0.1, 0.15) is 30.3 Å². The number of rotatable bonds is 13. The molecule has 0 bridgehead atoms. The second-order valence-corrected chi connectivity index (χ2v) is 10.3. The Labute approximate surface area is 225 Å². The lowest BCUT2D eigenvalue weighted by Crippen LogP contribution is -2.24. The van der Waals surface area contributed by atoms with Gasteiger partial charge in [0.25, 0.3) is 0 Å². The summed E-state index contributed by atoms with van der Waals surface area (Å²) in [5.41, 5.74) is 2.33. The standard InChI is InChI=1S/C32H38O6/c1-24(12-11-17-30(33)38-32(2,3)4)37-31(34)20-27-18-28(35-22-25-13-7-5-8-14-25)21-29(19-27)36-23-26-15-9-6-10-16-26/h5-10,13-16,18-19,21,24H,11-12,17,20,22-23H2,1-4H3/t24-/m0/s1. The van der Waals surface area contributed by atoms with E-state index in [1.54, 1.807) is 0 Å². The number of ether oxygens (including phenoxy) is 4. The molecule has 0 radical (unpaired) electrons. The first kappa shape index (κ1) is 28.8. The number of hydrogen-bond acceptors (Lipinski definition) is 6. The first-order valence-corrected chi connectivity index (χ1v) is 13.0. The van der Waals surface area contributed by atoms with Gasteiger partial charge in [0.2, 0.25) is 0 Å². The molecule has 0 N–H and O–H groups in total. The Morgan fingerprint density at radius 1 is 0.737 bits per heavy atom. The summed E-state index contributed by atoms with van der Waals surface area (Å²) < 4.78 is 23.0. The molecular weight excluding hydrogens is 480 g/mol. The maximum Gasteiger partial charge on any atom is 0.310 e. The minimum absolute atomic E-state index is 0.0840. The van der Waals surface area contributed by atoms with Crippen molar-refractivity contribution in [2.45, 2.75) is 78.3 Å². The predicted octanol–water partition coefficient (Wildman–Crippen LogP) is 6.83. The molecule has 0 unspecified atom stereocenters. The van der Waals surface area contributed by atoms with Crippen LogP contribution < -0.4 is 9.47 Å². The van der Waals surface area contributed by atoms with Crippen molar-refractivity contribution in [1.82, 2.24) is 0 Å². The second kappa shape index (κ2) is 14.2. The van der Waals surface area contributed by atoms with Crippen LogP contribution >= 0.6 is 0 Å². The van der Waals surface area contributed by atoms with Gasteiger partial charge >= 0.3 is 11.9 Å². The van der Waals surface area contributed by atoms with Gasteiger partial charge in [0.15, 0.2) is 0 Å². The fraction of sp³-hybridized carbons (Fsp3) is 0.375. The van der Waals surface area contributed by atoms with Crippen LogP contribution in [0.4, 0.5) is 0 Å². The number of hydrogen-bond donors (Lipinski definition) is 0. The van der Waals surface area contributed by atoms with Crippen molar-refractivity contribution in [3.8, 4) is 11.5 Å². The van der Waals surface area contributed by atoms with Crippen LogP contribution in [0.15, 0.2) is 78.9 Å². The molecule has 0 amide bonds. The molecule has 0 saturated heterocycles. The zero-order valence-electron chi connectivity index (χ0n) is 22.8. The highest BCUT2D eigenvalue weighted by Gasteiger charge is 2.17. The van der Waals surface area contributed by atoms with Crippen molar-refractivity contribution in [2.75, 3.05) is 0 Å². The van der Waals surface area contributed by atoms with E-state index >= 15 is 0 Å². The van der Waals surface area contributed by atoms with Gasteiger partial charge < -0.3 is 18.9 Å². The maximum atomic E-state index is 12.7. The van der Waals surface area contributed by atoms with Crippen molar-refractivity contribution in [2.24, 2.45) is 0 Å². The highest BCUT2D eigenvalue weighted by atomic mass is 16.6. The SMILES string of the molecule is C[C@@H](CCCC(=O)OC(C)(C)C)OC(=O)Cc1cc(OCc2ccccc2)cc(OCc2ccccc2)c1. The average molecular weight is 519 g/mol. The fourth-order valence-corrected chi connectivity index (χ4v) is 3.80. The molecule has 1 atom stereocenters. The van der Waals surface area contributed by atoms with Crippen molar-refractivity contribution in [3.63, 3.8) is 0 Å². The van der Waals surface area contributed by atoms with Gasteiger partial charge in [-0.3, -0.25) is 9.59 Å². The maximum absolute atomic E-state index is 12.7. The minimum atomic E-state index is -0.502. The average Bonchev–Trinajstić information content (AvgIpc) is 2.86. The molecule has 3 aromatic rings. The lowest BCUT2D eigenvalue weighted by Gasteiger charge is -2.19. The molecule has 0 saturated carbocycles. The predicted molar refractivity (Wildman–Crippen MR) is 147 cm³/mol. The van der Waals surface area contributed by atoms with Crippen LogP contribution in [-0.2, 0) is 38.7 Å². The number of carbonyl (C=O) groups excluding carboxylic acids is 2. The molecule has 0 aromatic heterocycles. The van der Waals surface area contributed by atoms with Crippen LogP contribution in [-0.4, -0.2) is 23.6 Å². The summed E-state index contributed by atoms with van der Waals surface area (Å²) in [4.78, 5) is 24.6. The molecule has 0 spiro atoms. The molecule has 3 rings (SSSR count). The highest BCUT2D eigenvalue weighted by Crippen LogP contribution is 2.26. The molecule has 202 valence electrons. The third-order valence-electron chi connectivity index (χ3n) is 5.53. The van der Waals surface area contributed by atoms with Gasteiger partial charge in [-0.05, 0) is 69.4 Å². The molecule has 0 aliphatic rings. The highest BCUT2D eigenvalue weighted by molar-refractivity contribution is 5.73. The van der Waals surface area contributed by atoms with Crippen LogP contribution in [0.5, 0.6) is 11.5 Å². The van der Waals surface area contributed by atoms with E-state index < -0.39 is 5.60 Å². The molecule has 0 aliphatic carbocycles. The Hall–Kier alpha value is -3.80. The van der Waals surface area contributed by atoms with E-state index in [2.05, 4.69) is 0 Å². The monoisotopic (exact) mass is 518 g/mol. The van der Waals surface area contributed by atoms with Crippen LogP contribution in [0.2, 0.25) is 0 Å². The van der Waals surface area contributed by atoms with E-state index in [1.807, 2.05) is 107 Å². The Kier molecular flexibility index (Phi) is 10.8. The number of benzene rings is 3. The third-order valence-corrected chi connectivity index (χ3v) is 5.53. The number of carbonyl (C=O) groups is 2. The van der Waals surface area contributed by atoms with Gasteiger partial charge in [-0.2, -0.15) is 0 Å². The molecule has 3 aromatic carbocycles. The smallest absolute Gasteiger partial charge is 0.310 e. The summed E-state index contributed by atoms with van der Waals surface area (Å²) in [6.45, 7) is 8.17. The van der Waals surface area contributed by atoms with E-state index in [0.717, 1.165) is 16.7 Å².